The van der Waals surface area contributed by atoms with Crippen LogP contribution in [-0.4, -0.2) is 44.1 Å². The first-order valence-electron chi connectivity index (χ1n) is 12.1. The number of piperidine rings is 1. The molecule has 32 heavy (non-hydrogen) atoms. The number of carbonyl (C=O) groups is 1. The predicted octanol–water partition coefficient (Wildman–Crippen LogP) is 6.25. The average molecular weight is 499 g/mol. The summed E-state index contributed by atoms with van der Waals surface area (Å²) in [5.74, 6) is 2.02. The first kappa shape index (κ1) is 23.3. The van der Waals surface area contributed by atoms with Gasteiger partial charge in [0.15, 0.2) is 0 Å². The van der Waals surface area contributed by atoms with Crippen molar-refractivity contribution in [2.24, 2.45) is 5.92 Å². The number of anilines is 1. The summed E-state index contributed by atoms with van der Waals surface area (Å²) in [6, 6.07) is 16.5. The van der Waals surface area contributed by atoms with Crippen molar-refractivity contribution in [3.8, 4) is 5.75 Å². The highest BCUT2D eigenvalue weighted by Gasteiger charge is 2.28. The molecule has 1 aliphatic carbocycles. The summed E-state index contributed by atoms with van der Waals surface area (Å²) in [5.41, 5.74) is 2.34. The molecule has 0 spiro atoms. The van der Waals surface area contributed by atoms with Gasteiger partial charge < -0.3 is 14.5 Å². The predicted molar refractivity (Wildman–Crippen MR) is 134 cm³/mol. The third-order valence-corrected chi connectivity index (χ3v) is 7.64. The summed E-state index contributed by atoms with van der Waals surface area (Å²) in [5, 5.41) is 0. The maximum Gasteiger partial charge on any atom is 0.230 e. The van der Waals surface area contributed by atoms with Crippen LogP contribution in [0, 0.1) is 5.92 Å². The van der Waals surface area contributed by atoms with Crippen molar-refractivity contribution in [3.05, 3.63) is 58.6 Å². The minimum Gasteiger partial charge on any atom is -0.496 e. The van der Waals surface area contributed by atoms with Crippen molar-refractivity contribution in [1.82, 2.24) is 4.90 Å². The summed E-state index contributed by atoms with van der Waals surface area (Å²) in [6.07, 6.45) is 7.97. The summed E-state index contributed by atoms with van der Waals surface area (Å²) < 4.78 is 6.72. The van der Waals surface area contributed by atoms with E-state index in [9.17, 15) is 4.79 Å². The van der Waals surface area contributed by atoms with Gasteiger partial charge in [0.2, 0.25) is 5.91 Å². The maximum absolute atomic E-state index is 13.4. The Morgan fingerprint density at radius 1 is 1.03 bits per heavy atom. The van der Waals surface area contributed by atoms with Crippen LogP contribution in [0.2, 0.25) is 0 Å². The highest BCUT2D eigenvalue weighted by atomic mass is 79.9. The molecule has 0 radical (unpaired) electrons. The van der Waals surface area contributed by atoms with E-state index >= 15 is 0 Å². The first-order chi connectivity index (χ1) is 15.7. The molecule has 0 aromatic heterocycles. The van der Waals surface area contributed by atoms with Crippen LogP contribution in [-0.2, 0) is 4.79 Å². The highest BCUT2D eigenvalue weighted by Crippen LogP contribution is 2.36. The molecule has 172 valence electrons. The minimum absolute atomic E-state index is 0.193. The third-order valence-electron chi connectivity index (χ3n) is 7.15. The van der Waals surface area contributed by atoms with Crippen LogP contribution in [0.15, 0.2) is 53.0 Å². The lowest BCUT2D eigenvalue weighted by Crippen LogP contribution is -2.44. The van der Waals surface area contributed by atoms with Crippen LogP contribution < -0.4 is 9.64 Å². The largest absolute Gasteiger partial charge is 0.496 e. The molecule has 0 unspecified atom stereocenters. The number of rotatable bonds is 7. The number of para-hydroxylation sites is 1. The fourth-order valence-electron chi connectivity index (χ4n) is 5.28. The second kappa shape index (κ2) is 11.3. The smallest absolute Gasteiger partial charge is 0.230 e. The Morgan fingerprint density at radius 2 is 1.75 bits per heavy atom. The Morgan fingerprint density at radius 3 is 2.44 bits per heavy atom. The van der Waals surface area contributed by atoms with E-state index in [2.05, 4.69) is 50.0 Å². The Labute approximate surface area is 201 Å². The van der Waals surface area contributed by atoms with Gasteiger partial charge in [-0.25, -0.2) is 0 Å². The van der Waals surface area contributed by atoms with Gasteiger partial charge in [0.05, 0.1) is 7.11 Å². The molecular weight excluding hydrogens is 464 g/mol. The van der Waals surface area contributed by atoms with Crippen LogP contribution in [0.1, 0.15) is 56.4 Å². The summed E-state index contributed by atoms with van der Waals surface area (Å²) in [4.78, 5) is 18.0. The fraction of sp³-hybridized carbons (Fsp3) is 0.519. The van der Waals surface area contributed by atoms with Crippen LogP contribution in [0.5, 0.6) is 5.75 Å². The van der Waals surface area contributed by atoms with E-state index < -0.39 is 0 Å². The van der Waals surface area contributed by atoms with Crippen LogP contribution in [0.4, 0.5) is 5.69 Å². The number of likely N-dealkylation sites (tertiary alicyclic amines) is 1. The van der Waals surface area contributed by atoms with E-state index in [1.807, 2.05) is 24.3 Å². The van der Waals surface area contributed by atoms with E-state index in [0.29, 0.717) is 11.8 Å². The van der Waals surface area contributed by atoms with Gasteiger partial charge in [0.1, 0.15) is 5.75 Å². The van der Waals surface area contributed by atoms with E-state index in [1.54, 1.807) is 7.11 Å². The topological polar surface area (TPSA) is 32.8 Å². The Balaban J connectivity index is 1.37. The van der Waals surface area contributed by atoms with Gasteiger partial charge in [-0.15, -0.1) is 0 Å². The van der Waals surface area contributed by atoms with Gasteiger partial charge in [-0.3, -0.25) is 4.79 Å². The molecule has 5 heteroatoms. The maximum atomic E-state index is 13.4. The molecule has 0 N–H and O–H groups in total. The van der Waals surface area contributed by atoms with Crippen LogP contribution >= 0.6 is 15.9 Å². The second-order valence-corrected chi connectivity index (χ2v) is 10.1. The molecule has 1 amide bonds. The molecule has 1 saturated carbocycles. The summed E-state index contributed by atoms with van der Waals surface area (Å²) in [7, 11) is 1.75. The fourth-order valence-corrected chi connectivity index (χ4v) is 5.66. The molecule has 4 nitrogen and oxygen atoms in total. The van der Waals surface area contributed by atoms with Gasteiger partial charge in [-0.1, -0.05) is 53.4 Å². The Hall–Kier alpha value is -1.85. The molecule has 1 aliphatic heterocycles. The number of hydrogen-bond donors (Lipinski definition) is 0. The number of benzene rings is 2. The molecule has 0 bridgehead atoms. The van der Waals surface area contributed by atoms with E-state index in [4.69, 9.17) is 4.74 Å². The SMILES string of the molecule is COc1ccc(Br)cc1C1CCN(CCN(C(=O)C2CCCCC2)c2ccccc2)CC1. The van der Waals surface area contributed by atoms with Gasteiger partial charge in [-0.2, -0.15) is 0 Å². The monoisotopic (exact) mass is 498 g/mol. The lowest BCUT2D eigenvalue weighted by Gasteiger charge is -2.35. The van der Waals surface area contributed by atoms with E-state index in [0.717, 1.165) is 67.8 Å². The summed E-state index contributed by atoms with van der Waals surface area (Å²) in [6.45, 7) is 3.81. The number of nitrogens with zero attached hydrogens (tertiary/aromatic N) is 2. The molecule has 2 fully saturated rings. The zero-order valence-electron chi connectivity index (χ0n) is 19.1. The normalized spacial score (nSPS) is 18.4. The molecule has 1 heterocycles. The van der Waals surface area contributed by atoms with Gasteiger partial charge in [-0.05, 0) is 80.6 Å². The standard InChI is InChI=1S/C27H35BrN2O2/c1-32-26-13-12-23(28)20-25(26)21-14-16-29(17-15-21)18-19-30(24-10-6-3-7-11-24)27(31)22-8-4-2-5-9-22/h3,6-7,10-13,20-22H,2,4-5,8-9,14-19H2,1H3. The molecular formula is C27H35BrN2O2. The Bertz CT molecular complexity index is 874. The van der Waals surface area contributed by atoms with Crippen molar-refractivity contribution < 1.29 is 9.53 Å². The van der Waals surface area contributed by atoms with E-state index in [-0.39, 0.29) is 5.92 Å². The zero-order chi connectivity index (χ0) is 22.3. The number of ether oxygens (including phenoxy) is 1. The zero-order valence-corrected chi connectivity index (χ0v) is 20.7. The Kier molecular flexibility index (Phi) is 8.26. The summed E-state index contributed by atoms with van der Waals surface area (Å²) >= 11 is 3.61. The van der Waals surface area contributed by atoms with Gasteiger partial charge in [0.25, 0.3) is 0 Å². The van der Waals surface area contributed by atoms with Crippen molar-refractivity contribution in [2.75, 3.05) is 38.2 Å². The van der Waals surface area contributed by atoms with Crippen LogP contribution in [0.25, 0.3) is 0 Å². The molecule has 2 aromatic carbocycles. The lowest BCUT2D eigenvalue weighted by molar-refractivity contribution is -0.123. The highest BCUT2D eigenvalue weighted by molar-refractivity contribution is 9.10. The third kappa shape index (κ3) is 5.74. The quantitative estimate of drug-likeness (QED) is 0.452. The van der Waals surface area contributed by atoms with Gasteiger partial charge in [0, 0.05) is 29.2 Å². The average Bonchev–Trinajstić information content (AvgIpc) is 2.85. The molecule has 2 aliphatic rings. The number of halogens is 1. The van der Waals surface area contributed by atoms with Crippen molar-refractivity contribution in [3.63, 3.8) is 0 Å². The van der Waals surface area contributed by atoms with Gasteiger partial charge >= 0.3 is 0 Å². The van der Waals surface area contributed by atoms with Crippen molar-refractivity contribution >= 4 is 27.5 Å². The van der Waals surface area contributed by atoms with Crippen molar-refractivity contribution in [1.29, 1.82) is 0 Å². The second-order valence-electron chi connectivity index (χ2n) is 9.16. The number of methoxy groups -OCH3 is 1. The van der Waals surface area contributed by atoms with Crippen LogP contribution in [0.3, 0.4) is 0 Å². The lowest BCUT2D eigenvalue weighted by atomic mass is 9.88. The minimum atomic E-state index is 0.193. The number of hydrogen-bond acceptors (Lipinski definition) is 3. The molecule has 2 aromatic rings. The van der Waals surface area contributed by atoms with E-state index in [1.165, 1.54) is 24.8 Å². The van der Waals surface area contributed by atoms with Crippen molar-refractivity contribution in [2.45, 2.75) is 50.9 Å². The number of amides is 1. The molecule has 4 rings (SSSR count). The molecule has 0 atom stereocenters. The first-order valence-corrected chi connectivity index (χ1v) is 12.9. The molecule has 1 saturated heterocycles. The number of carbonyl (C=O) groups excluding carboxylic acids is 1.